The van der Waals surface area contributed by atoms with Crippen molar-refractivity contribution in [3.05, 3.63) is 89.7 Å². The first-order chi connectivity index (χ1) is 18.9. The molecule has 0 bridgehead atoms. The van der Waals surface area contributed by atoms with Crippen LogP contribution in [0.25, 0.3) is 0 Å². The highest BCUT2D eigenvalue weighted by Gasteiger charge is 2.33. The van der Waals surface area contributed by atoms with E-state index in [0.717, 1.165) is 39.7 Å². The molecule has 3 rings (SSSR count). The van der Waals surface area contributed by atoms with Gasteiger partial charge < -0.3 is 15.0 Å². The summed E-state index contributed by atoms with van der Waals surface area (Å²) >= 11 is 0. The lowest BCUT2D eigenvalue weighted by Crippen LogP contribution is -2.52. The van der Waals surface area contributed by atoms with Gasteiger partial charge in [-0.25, -0.2) is 12.8 Å². The van der Waals surface area contributed by atoms with E-state index in [-0.39, 0.29) is 29.1 Å². The molecule has 0 saturated carbocycles. The number of anilines is 1. The Hall–Kier alpha value is -3.92. The van der Waals surface area contributed by atoms with Crippen molar-refractivity contribution in [2.45, 2.75) is 58.1 Å². The van der Waals surface area contributed by atoms with Gasteiger partial charge in [0.2, 0.25) is 11.8 Å². The molecule has 10 heteroatoms. The van der Waals surface area contributed by atoms with Crippen LogP contribution in [0.1, 0.15) is 38.8 Å². The number of hydrogen-bond donors (Lipinski definition) is 1. The molecule has 1 N–H and O–H groups in total. The second-order valence-electron chi connectivity index (χ2n) is 9.68. The molecule has 3 aromatic rings. The van der Waals surface area contributed by atoms with Crippen LogP contribution in [0.4, 0.5) is 10.1 Å². The summed E-state index contributed by atoms with van der Waals surface area (Å²) in [5.74, 6) is -0.978. The number of carbonyl (C=O) groups is 2. The Bertz CT molecular complexity index is 1410. The molecule has 0 fully saturated rings. The van der Waals surface area contributed by atoms with E-state index in [9.17, 15) is 22.4 Å². The van der Waals surface area contributed by atoms with E-state index >= 15 is 0 Å². The number of halogens is 1. The molecule has 3 aromatic carbocycles. The Morgan fingerprint density at radius 1 is 0.950 bits per heavy atom. The fourth-order valence-corrected chi connectivity index (χ4v) is 5.51. The van der Waals surface area contributed by atoms with Crippen molar-refractivity contribution >= 4 is 27.5 Å². The van der Waals surface area contributed by atoms with Crippen molar-refractivity contribution in [3.63, 3.8) is 0 Å². The van der Waals surface area contributed by atoms with E-state index < -0.39 is 34.3 Å². The van der Waals surface area contributed by atoms with E-state index in [0.29, 0.717) is 12.4 Å². The molecule has 2 amide bonds. The van der Waals surface area contributed by atoms with Crippen molar-refractivity contribution < 1.29 is 27.1 Å². The van der Waals surface area contributed by atoms with Crippen LogP contribution in [0.15, 0.2) is 77.7 Å². The SMILES string of the molecule is CCOc1ccc(N(CC(=O)N(Cc2ccccc2C)[C@@H](C)C(=O)NC(C)C)S(=O)(=O)c2ccc(F)cc2)cc1. The fourth-order valence-electron chi connectivity index (χ4n) is 4.10. The summed E-state index contributed by atoms with van der Waals surface area (Å²) in [6.07, 6.45) is 0. The Morgan fingerprint density at radius 3 is 2.15 bits per heavy atom. The third-order valence-corrected chi connectivity index (χ3v) is 8.10. The quantitative estimate of drug-likeness (QED) is 0.342. The van der Waals surface area contributed by atoms with Crippen molar-refractivity contribution in [2.75, 3.05) is 17.5 Å². The number of nitrogens with zero attached hydrogens (tertiary/aromatic N) is 2. The van der Waals surface area contributed by atoms with Gasteiger partial charge >= 0.3 is 0 Å². The van der Waals surface area contributed by atoms with Gasteiger partial charge in [-0.3, -0.25) is 13.9 Å². The normalized spacial score (nSPS) is 12.1. The highest BCUT2D eigenvalue weighted by molar-refractivity contribution is 7.92. The number of aryl methyl sites for hydroxylation is 1. The maximum absolute atomic E-state index is 13.9. The summed E-state index contributed by atoms with van der Waals surface area (Å²) in [6, 6.07) is 17.2. The summed E-state index contributed by atoms with van der Waals surface area (Å²) in [7, 11) is -4.29. The summed E-state index contributed by atoms with van der Waals surface area (Å²) in [5.41, 5.74) is 1.98. The molecule has 1 atom stereocenters. The van der Waals surface area contributed by atoms with Crippen LogP contribution in [0.5, 0.6) is 5.75 Å². The van der Waals surface area contributed by atoms with Gasteiger partial charge in [0.25, 0.3) is 10.0 Å². The lowest BCUT2D eigenvalue weighted by molar-refractivity contribution is -0.139. The second kappa shape index (κ2) is 13.4. The molecular weight excluding hydrogens is 533 g/mol. The molecule has 0 spiro atoms. The Morgan fingerprint density at radius 2 is 1.57 bits per heavy atom. The Kier molecular flexibility index (Phi) is 10.3. The van der Waals surface area contributed by atoms with E-state index in [4.69, 9.17) is 4.74 Å². The van der Waals surface area contributed by atoms with Crippen LogP contribution in [0.3, 0.4) is 0 Å². The minimum absolute atomic E-state index is 0.103. The van der Waals surface area contributed by atoms with Gasteiger partial charge in [-0.05, 0) is 94.3 Å². The minimum atomic E-state index is -4.29. The first kappa shape index (κ1) is 30.6. The molecule has 0 unspecified atom stereocenters. The van der Waals surface area contributed by atoms with E-state index in [1.807, 2.05) is 52.0 Å². The zero-order valence-electron chi connectivity index (χ0n) is 23.4. The van der Waals surface area contributed by atoms with Crippen LogP contribution in [-0.4, -0.2) is 50.4 Å². The number of rotatable bonds is 12. The average molecular weight is 570 g/mol. The standard InChI is InChI=1S/C30H36FN3O5S/c1-6-39-27-15-13-26(14-16-27)34(40(37,38)28-17-11-25(31)12-18-28)20-29(35)33(23(5)30(36)32-21(2)3)19-24-10-8-7-9-22(24)4/h7-18,21,23H,6,19-20H2,1-5H3,(H,32,36)/t23-/m0/s1. The van der Waals surface area contributed by atoms with Crippen molar-refractivity contribution in [3.8, 4) is 5.75 Å². The Labute approximate surface area is 235 Å². The summed E-state index contributed by atoms with van der Waals surface area (Å²) in [4.78, 5) is 28.1. The van der Waals surface area contributed by atoms with Gasteiger partial charge in [-0.15, -0.1) is 0 Å². The van der Waals surface area contributed by atoms with Gasteiger partial charge in [0.1, 0.15) is 24.2 Å². The van der Waals surface area contributed by atoms with Gasteiger partial charge in [-0.1, -0.05) is 24.3 Å². The van der Waals surface area contributed by atoms with Crippen LogP contribution in [0.2, 0.25) is 0 Å². The molecule has 0 aliphatic rings. The van der Waals surface area contributed by atoms with Crippen LogP contribution < -0.4 is 14.4 Å². The number of hydrogen-bond acceptors (Lipinski definition) is 5. The smallest absolute Gasteiger partial charge is 0.264 e. The lowest BCUT2D eigenvalue weighted by Gasteiger charge is -2.32. The highest BCUT2D eigenvalue weighted by Crippen LogP contribution is 2.27. The molecule has 0 radical (unpaired) electrons. The largest absolute Gasteiger partial charge is 0.494 e. The predicted molar refractivity (Wildman–Crippen MR) is 153 cm³/mol. The number of nitrogens with one attached hydrogen (secondary N) is 1. The molecule has 0 heterocycles. The summed E-state index contributed by atoms with van der Waals surface area (Å²) in [5, 5.41) is 2.83. The van der Waals surface area contributed by atoms with Crippen LogP contribution in [-0.2, 0) is 26.2 Å². The van der Waals surface area contributed by atoms with Crippen LogP contribution >= 0.6 is 0 Å². The zero-order chi connectivity index (χ0) is 29.4. The van der Waals surface area contributed by atoms with Crippen molar-refractivity contribution in [2.24, 2.45) is 0 Å². The molecule has 8 nitrogen and oxygen atoms in total. The second-order valence-corrected chi connectivity index (χ2v) is 11.5. The molecule has 0 aliphatic carbocycles. The molecule has 214 valence electrons. The van der Waals surface area contributed by atoms with E-state index in [2.05, 4.69) is 5.32 Å². The highest BCUT2D eigenvalue weighted by atomic mass is 32.2. The Balaban J connectivity index is 2.04. The van der Waals surface area contributed by atoms with Crippen molar-refractivity contribution in [1.29, 1.82) is 0 Å². The third-order valence-electron chi connectivity index (χ3n) is 6.32. The maximum atomic E-state index is 13.9. The number of ether oxygens (including phenoxy) is 1. The minimum Gasteiger partial charge on any atom is -0.494 e. The monoisotopic (exact) mass is 569 g/mol. The molecular formula is C30H36FN3O5S. The summed E-state index contributed by atoms with van der Waals surface area (Å²) < 4.78 is 47.6. The molecule has 40 heavy (non-hydrogen) atoms. The fraction of sp³-hybridized carbons (Fsp3) is 0.333. The van der Waals surface area contributed by atoms with Crippen molar-refractivity contribution in [1.82, 2.24) is 10.2 Å². The van der Waals surface area contributed by atoms with E-state index in [1.165, 1.54) is 4.90 Å². The number of sulfonamides is 1. The molecule has 0 aliphatic heterocycles. The average Bonchev–Trinajstić information content (AvgIpc) is 2.91. The van der Waals surface area contributed by atoms with Gasteiger partial charge in [0.15, 0.2) is 0 Å². The number of amides is 2. The third kappa shape index (κ3) is 7.59. The first-order valence-electron chi connectivity index (χ1n) is 13.1. The van der Waals surface area contributed by atoms with E-state index in [1.54, 1.807) is 31.2 Å². The van der Waals surface area contributed by atoms with Gasteiger partial charge in [-0.2, -0.15) is 0 Å². The lowest BCUT2D eigenvalue weighted by atomic mass is 10.1. The number of carbonyl (C=O) groups excluding carboxylic acids is 2. The van der Waals surface area contributed by atoms with Gasteiger partial charge in [0, 0.05) is 12.6 Å². The van der Waals surface area contributed by atoms with Gasteiger partial charge in [0.05, 0.1) is 17.2 Å². The number of benzene rings is 3. The topological polar surface area (TPSA) is 96.0 Å². The predicted octanol–water partition coefficient (Wildman–Crippen LogP) is 4.67. The maximum Gasteiger partial charge on any atom is 0.264 e. The zero-order valence-corrected chi connectivity index (χ0v) is 24.2. The first-order valence-corrected chi connectivity index (χ1v) is 14.5. The molecule has 0 saturated heterocycles. The van der Waals surface area contributed by atoms with Crippen LogP contribution in [0, 0.1) is 12.7 Å². The summed E-state index contributed by atoms with van der Waals surface area (Å²) in [6.45, 7) is 8.94. The molecule has 0 aromatic heterocycles.